The Morgan fingerprint density at radius 2 is 1.89 bits per heavy atom. The number of piperidine rings is 2. The highest BCUT2D eigenvalue weighted by atomic mass is 16.2. The summed E-state index contributed by atoms with van der Waals surface area (Å²) in [5, 5.41) is 7.28. The number of likely N-dealkylation sites (tertiary alicyclic amines) is 1. The Labute approximate surface area is 116 Å². The monoisotopic (exact) mass is 265 g/mol. The smallest absolute Gasteiger partial charge is 0.225 e. The lowest BCUT2D eigenvalue weighted by Gasteiger charge is -2.34. The van der Waals surface area contributed by atoms with E-state index in [-0.39, 0.29) is 0 Å². The van der Waals surface area contributed by atoms with Crippen LogP contribution in [0.3, 0.4) is 0 Å². The zero-order valence-electron chi connectivity index (χ0n) is 11.9. The van der Waals surface area contributed by atoms with Crippen molar-refractivity contribution in [3.05, 3.63) is 0 Å². The van der Waals surface area contributed by atoms with E-state index in [1.54, 1.807) is 0 Å². The minimum atomic E-state index is 0.385. The molecule has 4 nitrogen and oxygen atoms in total. The molecule has 2 aliphatic heterocycles. The minimum Gasteiger partial charge on any atom is -0.342 e. The van der Waals surface area contributed by atoms with E-state index < -0.39 is 0 Å². The molecule has 3 aliphatic rings. The first kappa shape index (κ1) is 13.4. The number of carbonyl (C=O) groups is 1. The molecule has 3 rings (SSSR count). The highest BCUT2D eigenvalue weighted by molar-refractivity contribution is 5.81. The minimum absolute atomic E-state index is 0.385. The van der Waals surface area contributed by atoms with Gasteiger partial charge >= 0.3 is 0 Å². The van der Waals surface area contributed by atoms with E-state index in [4.69, 9.17) is 0 Å². The van der Waals surface area contributed by atoms with Gasteiger partial charge in [-0.2, -0.15) is 0 Å². The van der Waals surface area contributed by atoms with Gasteiger partial charge in [0.25, 0.3) is 0 Å². The topological polar surface area (TPSA) is 44.4 Å². The Hall–Kier alpha value is -0.610. The molecular weight excluding hydrogens is 238 g/mol. The Bertz CT molecular complexity index is 303. The SMILES string of the molecule is O=C(C1CC1)N1CCC(NCC2CCCCN2)CC1. The summed E-state index contributed by atoms with van der Waals surface area (Å²) < 4.78 is 0. The van der Waals surface area contributed by atoms with Crippen LogP contribution < -0.4 is 10.6 Å². The van der Waals surface area contributed by atoms with Crippen molar-refractivity contribution in [3.63, 3.8) is 0 Å². The lowest BCUT2D eigenvalue weighted by molar-refractivity contribution is -0.133. The van der Waals surface area contributed by atoms with Crippen molar-refractivity contribution in [3.8, 4) is 0 Å². The fraction of sp³-hybridized carbons (Fsp3) is 0.933. The molecule has 0 radical (unpaired) electrons. The summed E-state index contributed by atoms with van der Waals surface area (Å²) in [4.78, 5) is 14.1. The van der Waals surface area contributed by atoms with Gasteiger partial charge in [-0.3, -0.25) is 4.79 Å². The average molecular weight is 265 g/mol. The van der Waals surface area contributed by atoms with Gasteiger partial charge in [-0.25, -0.2) is 0 Å². The van der Waals surface area contributed by atoms with E-state index in [0.717, 1.165) is 45.3 Å². The van der Waals surface area contributed by atoms with E-state index in [1.807, 2.05) is 0 Å². The molecule has 4 heteroatoms. The van der Waals surface area contributed by atoms with Crippen LogP contribution in [0.4, 0.5) is 0 Å². The number of nitrogens with zero attached hydrogens (tertiary/aromatic N) is 1. The number of nitrogens with one attached hydrogen (secondary N) is 2. The number of carbonyl (C=O) groups excluding carboxylic acids is 1. The molecule has 1 aliphatic carbocycles. The molecule has 1 amide bonds. The van der Waals surface area contributed by atoms with Crippen LogP contribution in [-0.2, 0) is 4.79 Å². The number of hydrogen-bond donors (Lipinski definition) is 2. The standard InChI is InChI=1S/C15H27N3O/c19-15(12-4-5-12)18-9-6-13(7-10-18)17-11-14-3-1-2-8-16-14/h12-14,16-17H,1-11H2. The fourth-order valence-corrected chi connectivity index (χ4v) is 3.30. The molecule has 0 spiro atoms. The zero-order valence-corrected chi connectivity index (χ0v) is 11.9. The van der Waals surface area contributed by atoms with Crippen LogP contribution in [0.1, 0.15) is 44.9 Å². The lowest BCUT2D eigenvalue weighted by atomic mass is 10.0. The highest BCUT2D eigenvalue weighted by Crippen LogP contribution is 2.31. The predicted molar refractivity (Wildman–Crippen MR) is 76.0 cm³/mol. The molecule has 2 N–H and O–H groups in total. The second kappa shape index (κ2) is 6.23. The molecule has 1 unspecified atom stereocenters. The number of hydrogen-bond acceptors (Lipinski definition) is 3. The first-order chi connectivity index (χ1) is 9.33. The van der Waals surface area contributed by atoms with Crippen molar-refractivity contribution in [2.75, 3.05) is 26.2 Å². The molecule has 1 atom stereocenters. The Kier molecular flexibility index (Phi) is 4.38. The third-order valence-corrected chi connectivity index (χ3v) is 4.80. The van der Waals surface area contributed by atoms with E-state index in [9.17, 15) is 4.79 Å². The molecule has 3 fully saturated rings. The summed E-state index contributed by atoms with van der Waals surface area (Å²) in [6, 6.07) is 1.28. The maximum Gasteiger partial charge on any atom is 0.225 e. The molecule has 0 aromatic rings. The summed E-state index contributed by atoms with van der Waals surface area (Å²) in [6.45, 7) is 4.21. The molecule has 0 aromatic carbocycles. The Morgan fingerprint density at radius 1 is 1.11 bits per heavy atom. The van der Waals surface area contributed by atoms with Crippen LogP contribution in [0.15, 0.2) is 0 Å². The first-order valence-electron chi connectivity index (χ1n) is 8.08. The molecule has 108 valence electrons. The van der Waals surface area contributed by atoms with Gasteiger partial charge in [0.1, 0.15) is 0 Å². The van der Waals surface area contributed by atoms with Crippen molar-refractivity contribution >= 4 is 5.91 Å². The summed E-state index contributed by atoms with van der Waals surface area (Å²) in [5.74, 6) is 0.809. The van der Waals surface area contributed by atoms with Gasteiger partial charge in [-0.05, 0) is 45.1 Å². The fourth-order valence-electron chi connectivity index (χ4n) is 3.30. The second-order valence-electron chi connectivity index (χ2n) is 6.43. The van der Waals surface area contributed by atoms with E-state index >= 15 is 0 Å². The van der Waals surface area contributed by atoms with Crippen LogP contribution >= 0.6 is 0 Å². The summed E-state index contributed by atoms with van der Waals surface area (Å²) in [6.07, 6.45) is 8.53. The zero-order chi connectivity index (χ0) is 13.1. The summed E-state index contributed by atoms with van der Waals surface area (Å²) >= 11 is 0. The molecule has 19 heavy (non-hydrogen) atoms. The number of amides is 1. The number of rotatable bonds is 4. The van der Waals surface area contributed by atoms with Gasteiger partial charge in [0.05, 0.1) is 0 Å². The van der Waals surface area contributed by atoms with Gasteiger partial charge in [-0.1, -0.05) is 6.42 Å². The van der Waals surface area contributed by atoms with E-state index in [0.29, 0.717) is 23.9 Å². The molecular formula is C15H27N3O. The molecule has 2 heterocycles. The normalized spacial score (nSPS) is 29.5. The van der Waals surface area contributed by atoms with Crippen LogP contribution in [-0.4, -0.2) is 49.1 Å². The Balaban J connectivity index is 1.34. The molecule has 0 bridgehead atoms. The summed E-state index contributed by atoms with van der Waals surface area (Å²) in [7, 11) is 0. The van der Waals surface area contributed by atoms with E-state index in [2.05, 4.69) is 15.5 Å². The van der Waals surface area contributed by atoms with Crippen molar-refractivity contribution in [2.24, 2.45) is 5.92 Å². The van der Waals surface area contributed by atoms with Gasteiger partial charge in [0.15, 0.2) is 0 Å². The predicted octanol–water partition coefficient (Wildman–Crippen LogP) is 1.12. The third-order valence-electron chi connectivity index (χ3n) is 4.80. The van der Waals surface area contributed by atoms with Crippen LogP contribution in [0.5, 0.6) is 0 Å². The highest BCUT2D eigenvalue weighted by Gasteiger charge is 2.34. The Morgan fingerprint density at radius 3 is 2.53 bits per heavy atom. The van der Waals surface area contributed by atoms with Gasteiger partial charge in [0.2, 0.25) is 5.91 Å². The van der Waals surface area contributed by atoms with Gasteiger partial charge in [0, 0.05) is 37.6 Å². The molecule has 0 aromatic heterocycles. The lowest BCUT2D eigenvalue weighted by Crippen LogP contribution is -2.49. The second-order valence-corrected chi connectivity index (χ2v) is 6.43. The van der Waals surface area contributed by atoms with Gasteiger partial charge < -0.3 is 15.5 Å². The van der Waals surface area contributed by atoms with Crippen LogP contribution in [0.25, 0.3) is 0 Å². The molecule has 2 saturated heterocycles. The maximum absolute atomic E-state index is 12.0. The third kappa shape index (κ3) is 3.69. The van der Waals surface area contributed by atoms with Crippen molar-refractivity contribution in [1.29, 1.82) is 0 Å². The largest absolute Gasteiger partial charge is 0.342 e. The van der Waals surface area contributed by atoms with Crippen molar-refractivity contribution in [2.45, 2.75) is 57.0 Å². The average Bonchev–Trinajstić information content (AvgIpc) is 3.31. The maximum atomic E-state index is 12.0. The first-order valence-corrected chi connectivity index (χ1v) is 8.08. The van der Waals surface area contributed by atoms with Crippen LogP contribution in [0.2, 0.25) is 0 Å². The summed E-state index contributed by atoms with van der Waals surface area (Å²) in [5.41, 5.74) is 0. The van der Waals surface area contributed by atoms with Crippen molar-refractivity contribution in [1.82, 2.24) is 15.5 Å². The van der Waals surface area contributed by atoms with Gasteiger partial charge in [-0.15, -0.1) is 0 Å². The van der Waals surface area contributed by atoms with Crippen molar-refractivity contribution < 1.29 is 4.79 Å². The molecule has 1 saturated carbocycles. The van der Waals surface area contributed by atoms with Crippen LogP contribution in [0, 0.1) is 5.92 Å². The quantitative estimate of drug-likeness (QED) is 0.800. The van der Waals surface area contributed by atoms with E-state index in [1.165, 1.54) is 25.8 Å².